The number of anilines is 1. The number of amides is 1. The third kappa shape index (κ3) is 2.32. The van der Waals surface area contributed by atoms with Crippen LogP contribution in [-0.2, 0) is 11.3 Å². The van der Waals surface area contributed by atoms with E-state index in [2.05, 4.69) is 10.3 Å². The Morgan fingerprint density at radius 2 is 2.37 bits per heavy atom. The van der Waals surface area contributed by atoms with Crippen molar-refractivity contribution in [1.82, 2.24) is 14.5 Å². The molecule has 1 fully saturated rings. The van der Waals surface area contributed by atoms with Crippen molar-refractivity contribution < 1.29 is 9.53 Å². The SMILES string of the molecule is CC1CN(C(=O)c2cn3c(n2)NCCC3)C(C)CO1. The highest BCUT2D eigenvalue weighted by Gasteiger charge is 2.30. The maximum atomic E-state index is 12.5. The van der Waals surface area contributed by atoms with E-state index in [4.69, 9.17) is 4.74 Å². The van der Waals surface area contributed by atoms with E-state index in [0.717, 1.165) is 25.5 Å². The number of rotatable bonds is 1. The summed E-state index contributed by atoms with van der Waals surface area (Å²) < 4.78 is 7.57. The van der Waals surface area contributed by atoms with Crippen LogP contribution in [0, 0.1) is 0 Å². The van der Waals surface area contributed by atoms with Crippen LogP contribution < -0.4 is 5.32 Å². The lowest BCUT2D eigenvalue weighted by Gasteiger charge is -2.36. The van der Waals surface area contributed by atoms with E-state index in [9.17, 15) is 4.79 Å². The van der Waals surface area contributed by atoms with Gasteiger partial charge in [0.05, 0.1) is 18.8 Å². The quantitative estimate of drug-likeness (QED) is 0.820. The second kappa shape index (κ2) is 4.85. The van der Waals surface area contributed by atoms with Gasteiger partial charge in [0.1, 0.15) is 5.69 Å². The molecular formula is C13H20N4O2. The monoisotopic (exact) mass is 264 g/mol. The van der Waals surface area contributed by atoms with Gasteiger partial charge in [-0.2, -0.15) is 0 Å². The molecule has 3 heterocycles. The summed E-state index contributed by atoms with van der Waals surface area (Å²) in [5.74, 6) is 0.815. The summed E-state index contributed by atoms with van der Waals surface area (Å²) in [5, 5.41) is 3.22. The number of fused-ring (bicyclic) bond motifs is 1. The standard InChI is InChI=1S/C13H20N4O2/c1-9-8-19-10(2)6-17(9)12(18)11-7-16-5-3-4-14-13(16)15-11/h7,9-10H,3-6,8H2,1-2H3,(H,14,15). The number of aromatic nitrogens is 2. The zero-order valence-corrected chi connectivity index (χ0v) is 11.4. The minimum Gasteiger partial charge on any atom is -0.375 e. The molecule has 1 saturated heterocycles. The Morgan fingerprint density at radius 1 is 1.53 bits per heavy atom. The molecule has 6 heteroatoms. The van der Waals surface area contributed by atoms with Crippen LogP contribution in [0.3, 0.4) is 0 Å². The third-order valence-electron chi connectivity index (χ3n) is 3.72. The topological polar surface area (TPSA) is 59.4 Å². The summed E-state index contributed by atoms with van der Waals surface area (Å²) in [7, 11) is 0. The maximum absolute atomic E-state index is 12.5. The van der Waals surface area contributed by atoms with E-state index >= 15 is 0 Å². The number of ether oxygens (including phenoxy) is 1. The summed E-state index contributed by atoms with van der Waals surface area (Å²) >= 11 is 0. The van der Waals surface area contributed by atoms with Gasteiger partial charge in [-0.25, -0.2) is 4.98 Å². The Kier molecular flexibility index (Phi) is 3.18. The molecule has 0 radical (unpaired) electrons. The van der Waals surface area contributed by atoms with Crippen molar-refractivity contribution >= 4 is 11.9 Å². The first-order valence-corrected chi connectivity index (χ1v) is 6.89. The van der Waals surface area contributed by atoms with Gasteiger partial charge in [-0.15, -0.1) is 0 Å². The molecule has 104 valence electrons. The van der Waals surface area contributed by atoms with Crippen LogP contribution in [0.25, 0.3) is 0 Å². The minimum atomic E-state index is 0.00588. The molecule has 2 aliphatic heterocycles. The molecule has 0 aromatic carbocycles. The second-order valence-corrected chi connectivity index (χ2v) is 5.37. The van der Waals surface area contributed by atoms with Crippen LogP contribution in [0.2, 0.25) is 0 Å². The Bertz CT molecular complexity index is 461. The number of morpholine rings is 1. The van der Waals surface area contributed by atoms with Crippen LogP contribution in [-0.4, -0.2) is 52.2 Å². The zero-order chi connectivity index (χ0) is 13.4. The Hall–Kier alpha value is -1.56. The third-order valence-corrected chi connectivity index (χ3v) is 3.72. The lowest BCUT2D eigenvalue weighted by Crippen LogP contribution is -2.50. The van der Waals surface area contributed by atoms with Crippen LogP contribution in [0.4, 0.5) is 5.95 Å². The fourth-order valence-corrected chi connectivity index (χ4v) is 2.61. The number of carbonyl (C=O) groups is 1. The van der Waals surface area contributed by atoms with Gasteiger partial charge in [0.15, 0.2) is 0 Å². The molecule has 2 aliphatic rings. The Morgan fingerprint density at radius 3 is 3.16 bits per heavy atom. The van der Waals surface area contributed by atoms with E-state index in [1.807, 2.05) is 29.5 Å². The van der Waals surface area contributed by atoms with Gasteiger partial charge < -0.3 is 19.5 Å². The number of hydrogen-bond donors (Lipinski definition) is 1. The summed E-state index contributed by atoms with van der Waals surface area (Å²) in [6.45, 7) is 7.09. The first-order chi connectivity index (χ1) is 9.15. The lowest BCUT2D eigenvalue weighted by atomic mass is 10.2. The molecule has 1 aromatic rings. The maximum Gasteiger partial charge on any atom is 0.274 e. The van der Waals surface area contributed by atoms with Crippen molar-refractivity contribution in [2.45, 2.75) is 39.0 Å². The average Bonchev–Trinajstić information content (AvgIpc) is 2.84. The highest BCUT2D eigenvalue weighted by molar-refractivity contribution is 5.93. The van der Waals surface area contributed by atoms with Crippen molar-refractivity contribution in [3.8, 4) is 0 Å². The molecule has 1 amide bonds. The lowest BCUT2D eigenvalue weighted by molar-refractivity contribution is -0.0388. The van der Waals surface area contributed by atoms with Crippen molar-refractivity contribution in [1.29, 1.82) is 0 Å². The van der Waals surface area contributed by atoms with E-state index in [-0.39, 0.29) is 18.1 Å². The number of imidazole rings is 1. The predicted octanol–water partition coefficient (Wildman–Crippen LogP) is 0.948. The Labute approximate surface area is 112 Å². The van der Waals surface area contributed by atoms with E-state index in [1.54, 1.807) is 0 Å². The van der Waals surface area contributed by atoms with E-state index < -0.39 is 0 Å². The summed E-state index contributed by atoms with van der Waals surface area (Å²) in [6.07, 6.45) is 3.02. The first-order valence-electron chi connectivity index (χ1n) is 6.89. The molecule has 2 unspecified atom stereocenters. The summed E-state index contributed by atoms with van der Waals surface area (Å²) in [5.41, 5.74) is 0.533. The predicted molar refractivity (Wildman–Crippen MR) is 71.2 cm³/mol. The van der Waals surface area contributed by atoms with Gasteiger partial charge in [-0.3, -0.25) is 4.79 Å². The van der Waals surface area contributed by atoms with Crippen molar-refractivity contribution in [2.75, 3.05) is 25.0 Å². The molecule has 6 nitrogen and oxygen atoms in total. The van der Waals surface area contributed by atoms with E-state index in [0.29, 0.717) is 18.8 Å². The van der Waals surface area contributed by atoms with Crippen LogP contribution in [0.5, 0.6) is 0 Å². The molecule has 0 bridgehead atoms. The summed E-state index contributed by atoms with van der Waals surface area (Å²) in [4.78, 5) is 18.8. The van der Waals surface area contributed by atoms with Gasteiger partial charge in [0.2, 0.25) is 5.95 Å². The Balaban J connectivity index is 1.81. The average molecular weight is 264 g/mol. The molecule has 19 heavy (non-hydrogen) atoms. The highest BCUT2D eigenvalue weighted by atomic mass is 16.5. The normalized spacial score (nSPS) is 26.7. The molecule has 0 spiro atoms. The number of nitrogens with one attached hydrogen (secondary N) is 1. The minimum absolute atomic E-state index is 0.00588. The summed E-state index contributed by atoms with van der Waals surface area (Å²) in [6, 6.07) is 0.107. The fraction of sp³-hybridized carbons (Fsp3) is 0.692. The molecular weight excluding hydrogens is 244 g/mol. The number of aryl methyl sites for hydroxylation is 1. The molecule has 0 saturated carbocycles. The number of hydrogen-bond acceptors (Lipinski definition) is 4. The van der Waals surface area contributed by atoms with Gasteiger partial charge in [0.25, 0.3) is 5.91 Å². The van der Waals surface area contributed by atoms with Gasteiger partial charge in [-0.1, -0.05) is 0 Å². The van der Waals surface area contributed by atoms with Gasteiger partial charge >= 0.3 is 0 Å². The van der Waals surface area contributed by atoms with Crippen molar-refractivity contribution in [2.24, 2.45) is 0 Å². The van der Waals surface area contributed by atoms with Crippen molar-refractivity contribution in [3.63, 3.8) is 0 Å². The first kappa shape index (κ1) is 12.5. The molecule has 2 atom stereocenters. The van der Waals surface area contributed by atoms with Gasteiger partial charge in [-0.05, 0) is 20.3 Å². The fourth-order valence-electron chi connectivity index (χ4n) is 2.61. The van der Waals surface area contributed by atoms with Crippen LogP contribution in [0.1, 0.15) is 30.8 Å². The highest BCUT2D eigenvalue weighted by Crippen LogP contribution is 2.18. The molecule has 1 N–H and O–H groups in total. The van der Waals surface area contributed by atoms with Crippen molar-refractivity contribution in [3.05, 3.63) is 11.9 Å². The van der Waals surface area contributed by atoms with Crippen LogP contribution in [0.15, 0.2) is 6.20 Å². The number of nitrogens with zero attached hydrogens (tertiary/aromatic N) is 3. The molecule has 1 aromatic heterocycles. The van der Waals surface area contributed by atoms with Gasteiger partial charge in [0, 0.05) is 25.8 Å². The largest absolute Gasteiger partial charge is 0.375 e. The smallest absolute Gasteiger partial charge is 0.274 e. The van der Waals surface area contributed by atoms with E-state index in [1.165, 1.54) is 0 Å². The second-order valence-electron chi connectivity index (χ2n) is 5.37. The molecule has 0 aliphatic carbocycles. The zero-order valence-electron chi connectivity index (χ0n) is 11.4. The molecule has 3 rings (SSSR count). The van der Waals surface area contributed by atoms with Crippen LogP contribution >= 0.6 is 0 Å². The number of carbonyl (C=O) groups excluding carboxylic acids is 1.